The molecule has 0 saturated carbocycles. The van der Waals surface area contributed by atoms with Crippen molar-refractivity contribution in [3.8, 4) is 0 Å². The van der Waals surface area contributed by atoms with Gasteiger partial charge < -0.3 is 0 Å². The standard InChI is InChI=1S/C19H28N4O2/c24-18(22-20-14-16-8-3-1-4-9-16)12-7-13-19(25)23-21-15-17-10-5-2-6-11-17/h1-3,5,14-17H,4,6-13H2,(H,22,24)(H,23,25)/b20-14-,21-15-/t16-,17-/m0/s1. The van der Waals surface area contributed by atoms with Crippen molar-refractivity contribution < 1.29 is 9.59 Å². The van der Waals surface area contributed by atoms with Gasteiger partial charge in [0.25, 0.3) is 0 Å². The number of nitrogens with one attached hydrogen (secondary N) is 2. The molecular formula is C19H28N4O2. The van der Waals surface area contributed by atoms with Gasteiger partial charge in [-0.1, -0.05) is 24.3 Å². The van der Waals surface area contributed by atoms with Gasteiger partial charge in [0, 0.05) is 25.3 Å². The van der Waals surface area contributed by atoms with Crippen molar-refractivity contribution in [3.05, 3.63) is 24.3 Å². The van der Waals surface area contributed by atoms with Crippen LogP contribution in [0.25, 0.3) is 0 Å². The number of carbonyl (C=O) groups excluding carboxylic acids is 2. The molecule has 0 spiro atoms. The minimum atomic E-state index is -0.159. The fourth-order valence-corrected chi connectivity index (χ4v) is 2.86. The molecule has 25 heavy (non-hydrogen) atoms. The summed E-state index contributed by atoms with van der Waals surface area (Å²) in [4.78, 5) is 23.4. The van der Waals surface area contributed by atoms with E-state index in [0.29, 0.717) is 18.3 Å². The molecule has 0 fully saturated rings. The molecule has 2 aliphatic rings. The summed E-state index contributed by atoms with van der Waals surface area (Å²) in [6.07, 6.45) is 19.6. The van der Waals surface area contributed by atoms with E-state index in [1.807, 2.05) is 12.4 Å². The van der Waals surface area contributed by atoms with Crippen LogP contribution in [0.4, 0.5) is 0 Å². The highest BCUT2D eigenvalue weighted by Gasteiger charge is 2.08. The summed E-state index contributed by atoms with van der Waals surface area (Å²) in [5.41, 5.74) is 5.06. The van der Waals surface area contributed by atoms with E-state index in [-0.39, 0.29) is 24.7 Å². The molecule has 0 bridgehead atoms. The van der Waals surface area contributed by atoms with E-state index in [9.17, 15) is 9.59 Å². The second-order valence-electron chi connectivity index (χ2n) is 6.57. The number of hydrogen-bond donors (Lipinski definition) is 2. The van der Waals surface area contributed by atoms with Crippen molar-refractivity contribution in [3.63, 3.8) is 0 Å². The molecule has 2 rings (SSSR count). The number of hydrogen-bond acceptors (Lipinski definition) is 4. The summed E-state index contributed by atoms with van der Waals surface area (Å²) >= 11 is 0. The lowest BCUT2D eigenvalue weighted by molar-refractivity contribution is -0.122. The van der Waals surface area contributed by atoms with Crippen LogP contribution in [0.1, 0.15) is 57.8 Å². The van der Waals surface area contributed by atoms with Crippen molar-refractivity contribution in [2.24, 2.45) is 22.0 Å². The topological polar surface area (TPSA) is 82.9 Å². The Labute approximate surface area is 149 Å². The van der Waals surface area contributed by atoms with Gasteiger partial charge in [-0.05, 0) is 56.8 Å². The van der Waals surface area contributed by atoms with Crippen LogP contribution in [-0.4, -0.2) is 24.2 Å². The number of amides is 2. The lowest BCUT2D eigenvalue weighted by atomic mass is 9.96. The monoisotopic (exact) mass is 344 g/mol. The van der Waals surface area contributed by atoms with E-state index in [2.05, 4.69) is 45.4 Å². The first-order chi connectivity index (χ1) is 12.2. The first kappa shape index (κ1) is 19.1. The lowest BCUT2D eigenvalue weighted by Crippen LogP contribution is -2.21. The molecule has 2 aliphatic carbocycles. The van der Waals surface area contributed by atoms with Crippen molar-refractivity contribution in [1.82, 2.24) is 10.9 Å². The smallest absolute Gasteiger partial charge is 0.240 e. The third kappa shape index (κ3) is 8.42. The summed E-state index contributed by atoms with van der Waals surface area (Å²) in [6.45, 7) is 0. The van der Waals surface area contributed by atoms with E-state index in [1.165, 1.54) is 0 Å². The predicted molar refractivity (Wildman–Crippen MR) is 100 cm³/mol. The summed E-state index contributed by atoms with van der Waals surface area (Å²) in [5, 5.41) is 8.01. The van der Waals surface area contributed by atoms with Crippen LogP contribution in [0, 0.1) is 11.8 Å². The summed E-state index contributed by atoms with van der Waals surface area (Å²) in [5.74, 6) is 0.503. The molecule has 2 amide bonds. The van der Waals surface area contributed by atoms with E-state index >= 15 is 0 Å². The molecule has 0 unspecified atom stereocenters. The van der Waals surface area contributed by atoms with Gasteiger partial charge in [0.15, 0.2) is 0 Å². The minimum absolute atomic E-state index is 0.159. The highest BCUT2D eigenvalue weighted by molar-refractivity contribution is 5.79. The van der Waals surface area contributed by atoms with E-state index in [1.54, 1.807) is 0 Å². The number of rotatable bonds is 8. The quantitative estimate of drug-likeness (QED) is 0.403. The fourth-order valence-electron chi connectivity index (χ4n) is 2.86. The van der Waals surface area contributed by atoms with Crippen LogP contribution < -0.4 is 10.9 Å². The Morgan fingerprint density at radius 2 is 1.32 bits per heavy atom. The van der Waals surface area contributed by atoms with E-state index < -0.39 is 0 Å². The average Bonchev–Trinajstić information content (AvgIpc) is 2.63. The molecule has 0 saturated heterocycles. The maximum Gasteiger partial charge on any atom is 0.240 e. The Morgan fingerprint density at radius 3 is 1.72 bits per heavy atom. The molecule has 0 aromatic heterocycles. The van der Waals surface area contributed by atoms with Crippen LogP contribution in [0.3, 0.4) is 0 Å². The van der Waals surface area contributed by atoms with Crippen molar-refractivity contribution >= 4 is 24.2 Å². The van der Waals surface area contributed by atoms with Gasteiger partial charge in [0.1, 0.15) is 0 Å². The normalized spacial score (nSPS) is 23.2. The Morgan fingerprint density at radius 1 is 0.840 bits per heavy atom. The molecule has 0 radical (unpaired) electrons. The molecule has 2 atom stereocenters. The number of carbonyl (C=O) groups is 2. The zero-order valence-electron chi connectivity index (χ0n) is 14.7. The summed E-state index contributed by atoms with van der Waals surface area (Å²) in [6, 6.07) is 0. The van der Waals surface area contributed by atoms with E-state index in [4.69, 9.17) is 0 Å². The van der Waals surface area contributed by atoms with Crippen molar-refractivity contribution in [2.75, 3.05) is 0 Å². The van der Waals surface area contributed by atoms with Crippen LogP contribution in [0.2, 0.25) is 0 Å². The second-order valence-corrected chi connectivity index (χ2v) is 6.57. The zero-order chi connectivity index (χ0) is 17.7. The van der Waals surface area contributed by atoms with Crippen molar-refractivity contribution in [2.45, 2.75) is 57.8 Å². The highest BCUT2D eigenvalue weighted by atomic mass is 16.2. The molecular weight excluding hydrogens is 316 g/mol. The Kier molecular flexibility index (Phi) is 8.66. The molecule has 6 heteroatoms. The van der Waals surface area contributed by atoms with Crippen LogP contribution >= 0.6 is 0 Å². The van der Waals surface area contributed by atoms with Crippen LogP contribution in [0.15, 0.2) is 34.5 Å². The molecule has 136 valence electrons. The minimum Gasteiger partial charge on any atom is -0.273 e. The van der Waals surface area contributed by atoms with Gasteiger partial charge >= 0.3 is 0 Å². The third-order valence-corrected chi connectivity index (χ3v) is 4.38. The predicted octanol–water partition coefficient (Wildman–Crippen LogP) is 3.07. The van der Waals surface area contributed by atoms with Gasteiger partial charge in [0.2, 0.25) is 11.8 Å². The first-order valence-electron chi connectivity index (χ1n) is 9.18. The number of nitrogens with zero attached hydrogens (tertiary/aromatic N) is 2. The van der Waals surface area contributed by atoms with Gasteiger partial charge in [0.05, 0.1) is 0 Å². The van der Waals surface area contributed by atoms with Gasteiger partial charge in [-0.15, -0.1) is 0 Å². The van der Waals surface area contributed by atoms with Gasteiger partial charge in [-0.25, -0.2) is 10.9 Å². The molecule has 2 N–H and O–H groups in total. The Balaban J connectivity index is 1.52. The second kappa shape index (κ2) is 11.3. The number of hydrazone groups is 2. The molecule has 0 aromatic rings. The molecule has 0 aliphatic heterocycles. The van der Waals surface area contributed by atoms with E-state index in [0.717, 1.165) is 38.5 Å². The Bertz CT molecular complexity index is 504. The van der Waals surface area contributed by atoms with Crippen LogP contribution in [0.5, 0.6) is 0 Å². The number of allylic oxidation sites excluding steroid dienone is 4. The Hall–Kier alpha value is -2.24. The van der Waals surface area contributed by atoms with Crippen molar-refractivity contribution in [1.29, 1.82) is 0 Å². The largest absolute Gasteiger partial charge is 0.273 e. The maximum atomic E-state index is 11.7. The average molecular weight is 344 g/mol. The lowest BCUT2D eigenvalue weighted by Gasteiger charge is -2.11. The third-order valence-electron chi connectivity index (χ3n) is 4.38. The summed E-state index contributed by atoms with van der Waals surface area (Å²) < 4.78 is 0. The highest BCUT2D eigenvalue weighted by Crippen LogP contribution is 2.16. The summed E-state index contributed by atoms with van der Waals surface area (Å²) in [7, 11) is 0. The van der Waals surface area contributed by atoms with Gasteiger partial charge in [-0.2, -0.15) is 10.2 Å². The molecule has 0 heterocycles. The SMILES string of the molecule is O=C(CCCC(=O)N/N=C\[C@H]1CC=CCC1)N/N=C\[C@H]1CC=CCC1. The molecule has 6 nitrogen and oxygen atoms in total. The first-order valence-corrected chi connectivity index (χ1v) is 9.18. The maximum absolute atomic E-state index is 11.7. The van der Waals surface area contributed by atoms with Gasteiger partial charge in [-0.3, -0.25) is 9.59 Å². The fraction of sp³-hybridized carbons (Fsp3) is 0.579. The molecule has 0 aromatic carbocycles. The zero-order valence-corrected chi connectivity index (χ0v) is 14.7. The van der Waals surface area contributed by atoms with Crippen LogP contribution in [-0.2, 0) is 9.59 Å².